The highest BCUT2D eigenvalue weighted by molar-refractivity contribution is 6.36. The van der Waals surface area contributed by atoms with Crippen molar-refractivity contribution in [1.29, 1.82) is 0 Å². The first kappa shape index (κ1) is 14.3. The van der Waals surface area contributed by atoms with E-state index in [1.165, 1.54) is 25.2 Å². The standard InChI is InChI=1S/C17H17Cl2N3/c18-13-1-2-16(17(19)8-13)12-7-15(10-20-9-12)22-6-5-21-4-3-14(22)11-21/h1-2,7-10,14H,3-6,11H2. The van der Waals surface area contributed by atoms with E-state index in [0.717, 1.165) is 24.2 Å². The van der Waals surface area contributed by atoms with Crippen LogP contribution < -0.4 is 4.90 Å². The van der Waals surface area contributed by atoms with Crippen LogP contribution >= 0.6 is 23.2 Å². The van der Waals surface area contributed by atoms with Gasteiger partial charge in [-0.15, -0.1) is 0 Å². The Kier molecular flexibility index (Phi) is 3.73. The molecular formula is C17H17Cl2N3. The third kappa shape index (κ3) is 2.58. The molecule has 0 radical (unpaired) electrons. The molecule has 2 bridgehead atoms. The summed E-state index contributed by atoms with van der Waals surface area (Å²) in [6, 6.07) is 8.41. The number of halogens is 2. The minimum absolute atomic E-state index is 0.617. The molecule has 0 aliphatic carbocycles. The largest absolute Gasteiger partial charge is 0.365 e. The zero-order valence-corrected chi connectivity index (χ0v) is 13.7. The van der Waals surface area contributed by atoms with E-state index in [9.17, 15) is 0 Å². The highest BCUT2D eigenvalue weighted by Crippen LogP contribution is 2.33. The number of rotatable bonds is 2. The van der Waals surface area contributed by atoms with Crippen LogP contribution in [0.4, 0.5) is 5.69 Å². The van der Waals surface area contributed by atoms with Gasteiger partial charge in [0.15, 0.2) is 0 Å². The van der Waals surface area contributed by atoms with Gasteiger partial charge in [0, 0.05) is 59.6 Å². The lowest BCUT2D eigenvalue weighted by Gasteiger charge is -2.36. The number of hydrogen-bond donors (Lipinski definition) is 0. The summed E-state index contributed by atoms with van der Waals surface area (Å²) in [5, 5.41) is 1.32. The zero-order valence-electron chi connectivity index (χ0n) is 12.2. The Morgan fingerprint density at radius 3 is 2.82 bits per heavy atom. The fourth-order valence-corrected chi connectivity index (χ4v) is 4.01. The monoisotopic (exact) mass is 333 g/mol. The Morgan fingerprint density at radius 1 is 1.05 bits per heavy atom. The Balaban J connectivity index is 1.68. The molecule has 0 saturated carbocycles. The molecule has 2 saturated heterocycles. The summed E-state index contributed by atoms with van der Waals surface area (Å²) < 4.78 is 0. The third-order valence-corrected chi connectivity index (χ3v) is 5.19. The first-order valence-corrected chi connectivity index (χ1v) is 8.36. The van der Waals surface area contributed by atoms with Crippen LogP contribution in [0.15, 0.2) is 36.7 Å². The van der Waals surface area contributed by atoms with Crippen LogP contribution in [-0.4, -0.2) is 42.1 Å². The summed E-state index contributed by atoms with van der Waals surface area (Å²) in [6.45, 7) is 4.61. The molecule has 2 aliphatic rings. The minimum Gasteiger partial charge on any atom is -0.365 e. The molecule has 22 heavy (non-hydrogen) atoms. The lowest BCUT2D eigenvalue weighted by Crippen LogP contribution is -2.46. The molecule has 5 heteroatoms. The van der Waals surface area contributed by atoms with Gasteiger partial charge in [0.25, 0.3) is 0 Å². The lowest BCUT2D eigenvalue weighted by atomic mass is 10.1. The predicted octanol–water partition coefficient (Wildman–Crippen LogP) is 3.95. The van der Waals surface area contributed by atoms with E-state index < -0.39 is 0 Å². The number of hydrogen-bond acceptors (Lipinski definition) is 3. The second-order valence-electron chi connectivity index (χ2n) is 5.99. The van der Waals surface area contributed by atoms with Gasteiger partial charge in [-0.1, -0.05) is 29.3 Å². The lowest BCUT2D eigenvalue weighted by molar-refractivity contribution is 0.310. The normalized spacial score (nSPS) is 23.8. The van der Waals surface area contributed by atoms with Crippen LogP contribution in [-0.2, 0) is 0 Å². The molecule has 2 unspecified atom stereocenters. The molecule has 3 nitrogen and oxygen atoms in total. The van der Waals surface area contributed by atoms with E-state index in [1.807, 2.05) is 24.5 Å². The predicted molar refractivity (Wildman–Crippen MR) is 91.9 cm³/mol. The molecule has 1 aromatic carbocycles. The van der Waals surface area contributed by atoms with E-state index in [2.05, 4.69) is 20.9 Å². The topological polar surface area (TPSA) is 19.4 Å². The molecule has 2 aromatic rings. The van der Waals surface area contributed by atoms with Crippen molar-refractivity contribution < 1.29 is 0 Å². The van der Waals surface area contributed by atoms with Crippen molar-refractivity contribution in [2.45, 2.75) is 12.5 Å². The maximum Gasteiger partial charge on any atom is 0.0562 e. The summed E-state index contributed by atoms with van der Waals surface area (Å²) >= 11 is 12.3. The molecule has 4 rings (SSSR count). The third-order valence-electron chi connectivity index (χ3n) is 4.64. The van der Waals surface area contributed by atoms with Crippen LogP contribution in [0.2, 0.25) is 10.0 Å². The molecule has 114 valence electrons. The molecule has 0 spiro atoms. The number of nitrogens with zero attached hydrogens (tertiary/aromatic N) is 3. The summed E-state index contributed by atoms with van der Waals surface area (Å²) in [7, 11) is 0. The second-order valence-corrected chi connectivity index (χ2v) is 6.84. The first-order chi connectivity index (χ1) is 10.7. The van der Waals surface area contributed by atoms with Crippen molar-refractivity contribution in [3.63, 3.8) is 0 Å². The van der Waals surface area contributed by atoms with Gasteiger partial charge in [-0.05, 0) is 24.6 Å². The van der Waals surface area contributed by atoms with Crippen LogP contribution in [0.3, 0.4) is 0 Å². The smallest absolute Gasteiger partial charge is 0.0562 e. The van der Waals surface area contributed by atoms with Gasteiger partial charge in [0.05, 0.1) is 11.9 Å². The van der Waals surface area contributed by atoms with Crippen molar-refractivity contribution in [3.05, 3.63) is 46.7 Å². The fraction of sp³-hybridized carbons (Fsp3) is 0.353. The Labute approximate surface area is 140 Å². The van der Waals surface area contributed by atoms with Gasteiger partial charge in [0.1, 0.15) is 0 Å². The van der Waals surface area contributed by atoms with Crippen LogP contribution in [0.25, 0.3) is 11.1 Å². The van der Waals surface area contributed by atoms with Gasteiger partial charge in [-0.2, -0.15) is 0 Å². The minimum atomic E-state index is 0.617. The van der Waals surface area contributed by atoms with E-state index in [-0.39, 0.29) is 0 Å². The fourth-order valence-electron chi connectivity index (χ4n) is 3.50. The number of aromatic nitrogens is 1. The number of benzene rings is 1. The van der Waals surface area contributed by atoms with Crippen molar-refractivity contribution >= 4 is 28.9 Å². The van der Waals surface area contributed by atoms with E-state index >= 15 is 0 Å². The Morgan fingerprint density at radius 2 is 1.95 bits per heavy atom. The first-order valence-electron chi connectivity index (χ1n) is 7.60. The van der Waals surface area contributed by atoms with E-state index in [4.69, 9.17) is 23.2 Å². The summed E-state index contributed by atoms with van der Waals surface area (Å²) in [5.74, 6) is 0. The van der Waals surface area contributed by atoms with Gasteiger partial charge >= 0.3 is 0 Å². The number of anilines is 1. The Hall–Kier alpha value is -1.29. The quantitative estimate of drug-likeness (QED) is 0.829. The van der Waals surface area contributed by atoms with E-state index in [1.54, 1.807) is 6.07 Å². The van der Waals surface area contributed by atoms with Gasteiger partial charge < -0.3 is 4.90 Å². The van der Waals surface area contributed by atoms with Crippen molar-refractivity contribution in [1.82, 2.24) is 9.88 Å². The molecular weight excluding hydrogens is 317 g/mol. The molecule has 2 fully saturated rings. The average molecular weight is 334 g/mol. The second kappa shape index (κ2) is 5.73. The highest BCUT2D eigenvalue weighted by Gasteiger charge is 2.32. The van der Waals surface area contributed by atoms with Crippen molar-refractivity contribution in [3.8, 4) is 11.1 Å². The van der Waals surface area contributed by atoms with Gasteiger partial charge in [-0.3, -0.25) is 9.88 Å². The number of fused-ring (bicyclic) bond motifs is 2. The number of pyridine rings is 1. The van der Waals surface area contributed by atoms with E-state index in [0.29, 0.717) is 16.1 Å². The van der Waals surface area contributed by atoms with Crippen molar-refractivity contribution in [2.75, 3.05) is 31.1 Å². The molecule has 2 aliphatic heterocycles. The van der Waals surface area contributed by atoms with Gasteiger partial charge in [-0.25, -0.2) is 0 Å². The zero-order chi connectivity index (χ0) is 15.1. The van der Waals surface area contributed by atoms with Gasteiger partial charge in [0.2, 0.25) is 0 Å². The highest BCUT2D eigenvalue weighted by atomic mass is 35.5. The molecule has 3 heterocycles. The van der Waals surface area contributed by atoms with Crippen LogP contribution in [0.5, 0.6) is 0 Å². The molecule has 0 amide bonds. The van der Waals surface area contributed by atoms with Crippen LogP contribution in [0.1, 0.15) is 6.42 Å². The average Bonchev–Trinajstić information content (AvgIpc) is 2.89. The van der Waals surface area contributed by atoms with Crippen LogP contribution in [0, 0.1) is 0 Å². The SMILES string of the molecule is Clc1ccc(-c2cncc(N3CCN4CCC3C4)c2)c(Cl)c1. The maximum absolute atomic E-state index is 6.33. The summed E-state index contributed by atoms with van der Waals surface area (Å²) in [4.78, 5) is 9.46. The maximum atomic E-state index is 6.33. The Bertz CT molecular complexity index is 704. The summed E-state index contributed by atoms with van der Waals surface area (Å²) in [6.07, 6.45) is 5.07. The van der Waals surface area contributed by atoms with Crippen molar-refractivity contribution in [2.24, 2.45) is 0 Å². The molecule has 0 N–H and O–H groups in total. The number of piperazine rings is 1. The summed E-state index contributed by atoms with van der Waals surface area (Å²) in [5.41, 5.74) is 3.21. The molecule has 2 atom stereocenters. The molecule has 1 aromatic heterocycles.